The third-order valence-electron chi connectivity index (χ3n) is 1.83. The lowest BCUT2D eigenvalue weighted by molar-refractivity contribution is -0.121. The van der Waals surface area contributed by atoms with Crippen molar-refractivity contribution in [2.75, 3.05) is 6.54 Å². The standard InChI is InChI=1S/C11H19NO/c1-3-5-7-8-9-11(13)12-10-6-4-2/h1H,4-10H2,2H3,(H,12,13). The van der Waals surface area contributed by atoms with Crippen LogP contribution in [0.4, 0.5) is 0 Å². The van der Waals surface area contributed by atoms with E-state index >= 15 is 0 Å². The average molecular weight is 181 g/mol. The molecule has 0 aliphatic carbocycles. The molecule has 2 nitrogen and oxygen atoms in total. The number of carbonyl (C=O) groups excluding carboxylic acids is 1. The predicted molar refractivity (Wildman–Crippen MR) is 55.2 cm³/mol. The number of hydrogen-bond acceptors (Lipinski definition) is 1. The van der Waals surface area contributed by atoms with Gasteiger partial charge in [0.25, 0.3) is 0 Å². The Kier molecular flexibility index (Phi) is 8.44. The molecule has 0 unspecified atom stereocenters. The van der Waals surface area contributed by atoms with E-state index in [-0.39, 0.29) is 5.91 Å². The molecule has 0 saturated carbocycles. The van der Waals surface area contributed by atoms with Gasteiger partial charge >= 0.3 is 0 Å². The van der Waals surface area contributed by atoms with Crippen LogP contribution in [-0.2, 0) is 4.79 Å². The topological polar surface area (TPSA) is 29.1 Å². The maximum absolute atomic E-state index is 11.1. The Bertz CT molecular complexity index is 169. The zero-order valence-electron chi connectivity index (χ0n) is 8.44. The molecular weight excluding hydrogens is 162 g/mol. The van der Waals surface area contributed by atoms with Gasteiger partial charge in [-0.05, 0) is 19.3 Å². The highest BCUT2D eigenvalue weighted by Gasteiger charge is 1.98. The van der Waals surface area contributed by atoms with Gasteiger partial charge in [-0.3, -0.25) is 4.79 Å². The van der Waals surface area contributed by atoms with Gasteiger partial charge < -0.3 is 5.32 Å². The van der Waals surface area contributed by atoms with Crippen molar-refractivity contribution in [1.82, 2.24) is 5.32 Å². The number of terminal acetylenes is 1. The van der Waals surface area contributed by atoms with Gasteiger partial charge in [0.2, 0.25) is 5.91 Å². The van der Waals surface area contributed by atoms with Crippen molar-refractivity contribution in [2.45, 2.75) is 45.4 Å². The van der Waals surface area contributed by atoms with Crippen LogP contribution in [0.1, 0.15) is 45.4 Å². The van der Waals surface area contributed by atoms with E-state index in [1.165, 1.54) is 0 Å². The van der Waals surface area contributed by atoms with Crippen LogP contribution in [0.3, 0.4) is 0 Å². The fourth-order valence-corrected chi connectivity index (χ4v) is 1.01. The van der Waals surface area contributed by atoms with Crippen LogP contribution in [-0.4, -0.2) is 12.5 Å². The van der Waals surface area contributed by atoms with Crippen LogP contribution >= 0.6 is 0 Å². The van der Waals surface area contributed by atoms with Gasteiger partial charge in [0.1, 0.15) is 0 Å². The van der Waals surface area contributed by atoms with Crippen LogP contribution in [0, 0.1) is 12.3 Å². The third kappa shape index (κ3) is 8.94. The van der Waals surface area contributed by atoms with E-state index in [1.807, 2.05) is 0 Å². The Labute approximate surface area is 81.1 Å². The SMILES string of the molecule is C#CCCCCC(=O)NCCCC. The van der Waals surface area contributed by atoms with Crippen molar-refractivity contribution in [2.24, 2.45) is 0 Å². The third-order valence-corrected chi connectivity index (χ3v) is 1.83. The highest BCUT2D eigenvalue weighted by Crippen LogP contribution is 1.98. The molecule has 0 aromatic rings. The second-order valence-electron chi connectivity index (χ2n) is 3.11. The van der Waals surface area contributed by atoms with E-state index in [0.29, 0.717) is 6.42 Å². The van der Waals surface area contributed by atoms with Crippen LogP contribution < -0.4 is 5.32 Å². The zero-order valence-corrected chi connectivity index (χ0v) is 8.44. The maximum Gasteiger partial charge on any atom is 0.219 e. The summed E-state index contributed by atoms with van der Waals surface area (Å²) in [6.45, 7) is 2.92. The summed E-state index contributed by atoms with van der Waals surface area (Å²) in [7, 11) is 0. The molecule has 0 saturated heterocycles. The van der Waals surface area contributed by atoms with E-state index in [0.717, 1.165) is 38.6 Å². The Morgan fingerprint density at radius 3 is 2.77 bits per heavy atom. The quantitative estimate of drug-likeness (QED) is 0.473. The minimum Gasteiger partial charge on any atom is -0.356 e. The van der Waals surface area contributed by atoms with Gasteiger partial charge in [0.15, 0.2) is 0 Å². The van der Waals surface area contributed by atoms with E-state index < -0.39 is 0 Å². The number of rotatable bonds is 7. The number of unbranched alkanes of at least 4 members (excludes halogenated alkanes) is 3. The summed E-state index contributed by atoms with van der Waals surface area (Å²) >= 11 is 0. The second-order valence-corrected chi connectivity index (χ2v) is 3.11. The smallest absolute Gasteiger partial charge is 0.219 e. The van der Waals surface area contributed by atoms with E-state index in [9.17, 15) is 4.79 Å². The van der Waals surface area contributed by atoms with E-state index in [4.69, 9.17) is 6.42 Å². The summed E-state index contributed by atoms with van der Waals surface area (Å²) in [4.78, 5) is 11.1. The molecule has 0 aromatic heterocycles. The summed E-state index contributed by atoms with van der Waals surface area (Å²) in [6, 6.07) is 0. The summed E-state index contributed by atoms with van der Waals surface area (Å²) < 4.78 is 0. The maximum atomic E-state index is 11.1. The summed E-state index contributed by atoms with van der Waals surface area (Å²) in [5.74, 6) is 2.72. The lowest BCUT2D eigenvalue weighted by Crippen LogP contribution is -2.23. The number of amides is 1. The molecule has 0 heterocycles. The first-order valence-electron chi connectivity index (χ1n) is 5.01. The lowest BCUT2D eigenvalue weighted by Gasteiger charge is -2.02. The van der Waals surface area contributed by atoms with Crippen LogP contribution in [0.5, 0.6) is 0 Å². The molecule has 0 aliphatic rings. The molecule has 0 spiro atoms. The molecule has 0 fully saturated rings. The zero-order chi connectivity index (χ0) is 9.94. The Balaban J connectivity index is 3.16. The number of carbonyl (C=O) groups is 1. The molecule has 0 radical (unpaired) electrons. The van der Waals surface area contributed by atoms with Gasteiger partial charge in [-0.1, -0.05) is 13.3 Å². The van der Waals surface area contributed by atoms with Crippen molar-refractivity contribution < 1.29 is 4.79 Å². The summed E-state index contributed by atoms with van der Waals surface area (Å²) in [5.41, 5.74) is 0. The molecule has 1 N–H and O–H groups in total. The first-order chi connectivity index (χ1) is 6.31. The van der Waals surface area contributed by atoms with Gasteiger partial charge in [-0.25, -0.2) is 0 Å². The van der Waals surface area contributed by atoms with Gasteiger partial charge in [0, 0.05) is 19.4 Å². The van der Waals surface area contributed by atoms with Crippen molar-refractivity contribution in [3.05, 3.63) is 0 Å². The summed E-state index contributed by atoms with van der Waals surface area (Å²) in [5, 5.41) is 2.87. The lowest BCUT2D eigenvalue weighted by atomic mass is 10.2. The summed E-state index contributed by atoms with van der Waals surface area (Å²) in [6.07, 6.45) is 10.5. The predicted octanol–water partition coefficient (Wildman–Crippen LogP) is 2.10. The fraction of sp³-hybridized carbons (Fsp3) is 0.727. The van der Waals surface area contributed by atoms with Gasteiger partial charge in [-0.2, -0.15) is 0 Å². The minimum absolute atomic E-state index is 0.158. The van der Waals surface area contributed by atoms with Crippen LogP contribution in [0.15, 0.2) is 0 Å². The average Bonchev–Trinajstić information content (AvgIpc) is 2.13. The molecule has 13 heavy (non-hydrogen) atoms. The minimum atomic E-state index is 0.158. The van der Waals surface area contributed by atoms with Gasteiger partial charge in [-0.15, -0.1) is 12.3 Å². The first kappa shape index (κ1) is 12.0. The molecule has 0 rings (SSSR count). The molecule has 74 valence electrons. The molecule has 0 atom stereocenters. The number of hydrogen-bond donors (Lipinski definition) is 1. The fourth-order valence-electron chi connectivity index (χ4n) is 1.01. The van der Waals surface area contributed by atoms with Crippen molar-refractivity contribution in [1.29, 1.82) is 0 Å². The Hall–Kier alpha value is -0.970. The van der Waals surface area contributed by atoms with Crippen molar-refractivity contribution in [3.63, 3.8) is 0 Å². The molecule has 1 amide bonds. The number of nitrogens with one attached hydrogen (secondary N) is 1. The first-order valence-corrected chi connectivity index (χ1v) is 5.01. The largest absolute Gasteiger partial charge is 0.356 e. The molecule has 2 heteroatoms. The van der Waals surface area contributed by atoms with E-state index in [1.54, 1.807) is 0 Å². The molecular formula is C11H19NO. The molecule has 0 aromatic carbocycles. The highest BCUT2D eigenvalue weighted by atomic mass is 16.1. The van der Waals surface area contributed by atoms with E-state index in [2.05, 4.69) is 18.2 Å². The van der Waals surface area contributed by atoms with Crippen LogP contribution in [0.25, 0.3) is 0 Å². The molecule has 0 bridgehead atoms. The van der Waals surface area contributed by atoms with Gasteiger partial charge in [0.05, 0.1) is 0 Å². The van der Waals surface area contributed by atoms with Crippen molar-refractivity contribution in [3.8, 4) is 12.3 Å². The normalized spacial score (nSPS) is 9.23. The second kappa shape index (κ2) is 9.12. The van der Waals surface area contributed by atoms with Crippen molar-refractivity contribution >= 4 is 5.91 Å². The monoisotopic (exact) mass is 181 g/mol. The Morgan fingerprint density at radius 2 is 2.15 bits per heavy atom. The highest BCUT2D eigenvalue weighted by molar-refractivity contribution is 5.75. The Morgan fingerprint density at radius 1 is 1.38 bits per heavy atom. The molecule has 0 aliphatic heterocycles. The van der Waals surface area contributed by atoms with Crippen LogP contribution in [0.2, 0.25) is 0 Å².